The summed E-state index contributed by atoms with van der Waals surface area (Å²) in [6.45, 7) is 7.55. The zero-order chi connectivity index (χ0) is 23.1. The Morgan fingerprint density at radius 2 is 1.88 bits per heavy atom. The average molecular weight is 438 g/mol. The Morgan fingerprint density at radius 1 is 1.12 bits per heavy atom. The van der Waals surface area contributed by atoms with Crippen molar-refractivity contribution in [2.45, 2.75) is 45.1 Å². The summed E-state index contributed by atoms with van der Waals surface area (Å²) in [7, 11) is 1.34. The van der Waals surface area contributed by atoms with Gasteiger partial charge in [-0.3, -0.25) is 10.1 Å². The zero-order valence-corrected chi connectivity index (χ0v) is 19.1. The fourth-order valence-electron chi connectivity index (χ4n) is 3.37. The minimum absolute atomic E-state index is 0.00904. The van der Waals surface area contributed by atoms with E-state index in [1.807, 2.05) is 24.3 Å². The number of hydrogen-bond donors (Lipinski definition) is 2. The van der Waals surface area contributed by atoms with Crippen LogP contribution >= 0.6 is 0 Å². The first-order valence-electron chi connectivity index (χ1n) is 10.8. The lowest BCUT2D eigenvalue weighted by Crippen LogP contribution is -2.36. The summed E-state index contributed by atoms with van der Waals surface area (Å²) in [5.74, 6) is -0.407. The third-order valence-electron chi connectivity index (χ3n) is 5.27. The van der Waals surface area contributed by atoms with Crippen LogP contribution in [-0.4, -0.2) is 44.2 Å². The van der Waals surface area contributed by atoms with Gasteiger partial charge in [0.25, 0.3) is 5.91 Å². The molecule has 1 heterocycles. The van der Waals surface area contributed by atoms with Crippen molar-refractivity contribution in [2.24, 2.45) is 4.99 Å². The van der Waals surface area contributed by atoms with Crippen molar-refractivity contribution in [3.8, 4) is 0 Å². The maximum atomic E-state index is 12.9. The number of hydrogen-bond acceptors (Lipinski definition) is 5. The number of benzene rings is 2. The fraction of sp³-hybridized carbons (Fsp3) is 0.400. The molecule has 32 heavy (non-hydrogen) atoms. The number of nitrogens with zero attached hydrogens (tertiary/aromatic N) is 1. The van der Waals surface area contributed by atoms with Crippen molar-refractivity contribution in [2.75, 3.05) is 25.6 Å². The Hall–Kier alpha value is -3.19. The smallest absolute Gasteiger partial charge is 0.337 e. The summed E-state index contributed by atoms with van der Waals surface area (Å²) in [4.78, 5) is 29.3. The van der Waals surface area contributed by atoms with Gasteiger partial charge in [0.15, 0.2) is 0 Å². The summed E-state index contributed by atoms with van der Waals surface area (Å²) in [5, 5.41) is 5.97. The molecule has 1 fully saturated rings. The number of carbonyl (C=O) groups excluding carboxylic acids is 2. The maximum Gasteiger partial charge on any atom is 0.337 e. The second kappa shape index (κ2) is 10.4. The lowest BCUT2D eigenvalue weighted by Gasteiger charge is -2.19. The van der Waals surface area contributed by atoms with Gasteiger partial charge in [0.2, 0.25) is 5.96 Å². The van der Waals surface area contributed by atoms with E-state index in [0.717, 1.165) is 25.0 Å². The van der Waals surface area contributed by atoms with E-state index in [1.165, 1.54) is 7.11 Å². The highest BCUT2D eigenvalue weighted by Gasteiger charge is 2.18. The quantitative estimate of drug-likeness (QED) is 0.417. The molecule has 1 amide bonds. The molecule has 0 unspecified atom stereocenters. The monoisotopic (exact) mass is 437 g/mol. The first kappa shape index (κ1) is 23.5. The fourth-order valence-corrected chi connectivity index (χ4v) is 3.37. The first-order chi connectivity index (χ1) is 15.3. The molecular weight excluding hydrogens is 406 g/mol. The topological polar surface area (TPSA) is 89.0 Å². The van der Waals surface area contributed by atoms with Crippen molar-refractivity contribution in [1.82, 2.24) is 5.32 Å². The van der Waals surface area contributed by atoms with Crippen LogP contribution < -0.4 is 10.6 Å². The number of amides is 1. The zero-order valence-electron chi connectivity index (χ0n) is 19.1. The highest BCUT2D eigenvalue weighted by atomic mass is 16.5. The maximum absolute atomic E-state index is 12.9. The van der Waals surface area contributed by atoms with E-state index in [0.29, 0.717) is 29.3 Å². The molecule has 170 valence electrons. The Labute approximate surface area is 189 Å². The van der Waals surface area contributed by atoms with E-state index in [1.54, 1.807) is 24.3 Å². The Morgan fingerprint density at radius 3 is 2.50 bits per heavy atom. The number of anilines is 1. The number of carbonyl (C=O) groups is 2. The highest BCUT2D eigenvalue weighted by molar-refractivity contribution is 6.10. The van der Waals surface area contributed by atoms with Crippen molar-refractivity contribution in [3.05, 3.63) is 65.2 Å². The van der Waals surface area contributed by atoms with E-state index in [4.69, 9.17) is 9.47 Å². The number of esters is 1. The second-order valence-electron chi connectivity index (χ2n) is 8.80. The van der Waals surface area contributed by atoms with Crippen LogP contribution in [0.4, 0.5) is 5.69 Å². The van der Waals surface area contributed by atoms with Gasteiger partial charge in [0.05, 0.1) is 25.3 Å². The molecule has 1 atom stereocenters. The predicted molar refractivity (Wildman–Crippen MR) is 125 cm³/mol. The van der Waals surface area contributed by atoms with Gasteiger partial charge in [-0.1, -0.05) is 39.0 Å². The van der Waals surface area contributed by atoms with Crippen LogP contribution in [0.1, 0.15) is 59.9 Å². The van der Waals surface area contributed by atoms with E-state index >= 15 is 0 Å². The normalized spacial score (nSPS) is 16.5. The van der Waals surface area contributed by atoms with Gasteiger partial charge in [-0.05, 0) is 54.2 Å². The van der Waals surface area contributed by atoms with Crippen molar-refractivity contribution in [1.29, 1.82) is 0 Å². The van der Waals surface area contributed by atoms with Gasteiger partial charge in [-0.25, -0.2) is 9.79 Å². The summed E-state index contributed by atoms with van der Waals surface area (Å²) < 4.78 is 10.4. The van der Waals surface area contributed by atoms with Gasteiger partial charge in [-0.15, -0.1) is 0 Å². The standard InChI is InChI=1S/C25H31N3O4/c1-25(2,3)19-12-10-17(11-13-19)22(29)28-24(26-16-21-9-6-14-32-21)27-20-8-5-7-18(15-20)23(30)31-4/h5,7-8,10-13,15,21H,6,9,14,16H2,1-4H3,(H2,26,27,28,29)/t21-/m0/s1. The molecule has 2 aromatic carbocycles. The average Bonchev–Trinajstić information content (AvgIpc) is 3.30. The molecule has 0 spiro atoms. The van der Waals surface area contributed by atoms with Crippen LogP contribution in [0.5, 0.6) is 0 Å². The third-order valence-corrected chi connectivity index (χ3v) is 5.27. The van der Waals surface area contributed by atoms with Crippen LogP contribution in [0, 0.1) is 0 Å². The molecule has 0 saturated carbocycles. The molecule has 7 nitrogen and oxygen atoms in total. The molecule has 0 aliphatic carbocycles. The number of rotatable bonds is 5. The number of methoxy groups -OCH3 is 1. The lowest BCUT2D eigenvalue weighted by molar-refractivity contribution is 0.0600. The number of ether oxygens (including phenoxy) is 2. The summed E-state index contributed by atoms with van der Waals surface area (Å²) in [6, 6.07) is 14.4. The Kier molecular flexibility index (Phi) is 7.64. The van der Waals surface area contributed by atoms with E-state index in [2.05, 4.69) is 36.4 Å². The molecule has 2 aromatic rings. The van der Waals surface area contributed by atoms with E-state index in [9.17, 15) is 9.59 Å². The largest absolute Gasteiger partial charge is 0.465 e. The highest BCUT2D eigenvalue weighted by Crippen LogP contribution is 2.22. The molecule has 0 radical (unpaired) electrons. The summed E-state index contributed by atoms with van der Waals surface area (Å²) in [6.07, 6.45) is 1.99. The lowest BCUT2D eigenvalue weighted by atomic mass is 9.87. The minimum atomic E-state index is -0.436. The van der Waals surface area contributed by atoms with Crippen LogP contribution in [0.25, 0.3) is 0 Å². The molecule has 3 rings (SSSR count). The third kappa shape index (κ3) is 6.40. The summed E-state index contributed by atoms with van der Waals surface area (Å²) >= 11 is 0. The van der Waals surface area contributed by atoms with Crippen molar-refractivity contribution in [3.63, 3.8) is 0 Å². The molecule has 1 aliphatic heterocycles. The molecule has 0 bridgehead atoms. The van der Waals surface area contributed by atoms with E-state index < -0.39 is 5.97 Å². The predicted octanol–water partition coefficient (Wildman–Crippen LogP) is 4.15. The van der Waals surface area contributed by atoms with Gasteiger partial charge >= 0.3 is 5.97 Å². The van der Waals surface area contributed by atoms with Crippen LogP contribution in [0.15, 0.2) is 53.5 Å². The Bertz CT molecular complexity index is 971. The van der Waals surface area contributed by atoms with Crippen molar-refractivity contribution >= 4 is 23.5 Å². The SMILES string of the molecule is COC(=O)c1cccc(NC(=NC[C@@H]2CCCO2)NC(=O)c2ccc(C(C)(C)C)cc2)c1. The minimum Gasteiger partial charge on any atom is -0.465 e. The molecular formula is C25H31N3O4. The Balaban J connectivity index is 1.77. The second-order valence-corrected chi connectivity index (χ2v) is 8.80. The summed E-state index contributed by atoms with van der Waals surface area (Å²) in [5.41, 5.74) is 2.71. The molecule has 2 N–H and O–H groups in total. The molecule has 0 aromatic heterocycles. The number of guanidine groups is 1. The van der Waals surface area contributed by atoms with E-state index in [-0.39, 0.29) is 17.4 Å². The molecule has 1 aliphatic rings. The molecule has 7 heteroatoms. The van der Waals surface area contributed by atoms with Crippen molar-refractivity contribution < 1.29 is 19.1 Å². The van der Waals surface area contributed by atoms with Crippen LogP contribution in [0.2, 0.25) is 0 Å². The van der Waals surface area contributed by atoms with Gasteiger partial charge < -0.3 is 14.8 Å². The molecule has 1 saturated heterocycles. The van der Waals surface area contributed by atoms with Crippen LogP contribution in [-0.2, 0) is 14.9 Å². The number of aliphatic imine (C=N–C) groups is 1. The first-order valence-corrected chi connectivity index (χ1v) is 10.8. The van der Waals surface area contributed by atoms with Gasteiger partial charge in [-0.2, -0.15) is 0 Å². The van der Waals surface area contributed by atoms with Gasteiger partial charge in [0, 0.05) is 17.9 Å². The number of nitrogens with one attached hydrogen (secondary N) is 2. The van der Waals surface area contributed by atoms with Crippen LogP contribution in [0.3, 0.4) is 0 Å². The van der Waals surface area contributed by atoms with Gasteiger partial charge in [0.1, 0.15) is 0 Å².